The minimum atomic E-state index is -4.12. The van der Waals surface area contributed by atoms with Gasteiger partial charge < -0.3 is 10.3 Å². The second-order valence-electron chi connectivity index (χ2n) is 7.64. The van der Waals surface area contributed by atoms with Crippen LogP contribution in [0, 0.1) is 13.8 Å². The molecule has 0 saturated heterocycles. The summed E-state index contributed by atoms with van der Waals surface area (Å²) >= 11 is 0. The van der Waals surface area contributed by atoms with E-state index in [2.05, 4.69) is 16.5 Å². The fraction of sp³-hybridized carbons (Fsp3) is 0.667. The number of fused-ring (bicyclic) bond motifs is 1. The Hall–Kier alpha value is -1.71. The number of nitrogens with two attached hydrogens (primary N) is 1. The Morgan fingerprint density at radius 3 is 2.41 bits per heavy atom. The van der Waals surface area contributed by atoms with E-state index in [4.69, 9.17) is 10.7 Å². The molecular formula is C18H32N5O3S+. The van der Waals surface area contributed by atoms with Crippen molar-refractivity contribution < 1.29 is 16.9 Å². The van der Waals surface area contributed by atoms with Gasteiger partial charge in [0.15, 0.2) is 5.82 Å². The summed E-state index contributed by atoms with van der Waals surface area (Å²) in [6.45, 7) is 7.19. The van der Waals surface area contributed by atoms with Gasteiger partial charge in [-0.1, -0.05) is 13.3 Å². The summed E-state index contributed by atoms with van der Waals surface area (Å²) in [7, 11) is -1.13. The summed E-state index contributed by atoms with van der Waals surface area (Å²) < 4.78 is 34.0. The highest BCUT2D eigenvalue weighted by molar-refractivity contribution is 7.80. The highest BCUT2D eigenvalue weighted by Gasteiger charge is 2.30. The van der Waals surface area contributed by atoms with Crippen molar-refractivity contribution in [1.29, 1.82) is 0 Å². The van der Waals surface area contributed by atoms with Gasteiger partial charge in [-0.25, -0.2) is 14.5 Å². The minimum absolute atomic E-state index is 0.345. The number of aromatic nitrogens is 3. The number of pyridine rings is 1. The molecule has 0 atom stereocenters. The number of aryl methyl sites for hydroxylation is 4. The van der Waals surface area contributed by atoms with Crippen LogP contribution in [0.3, 0.4) is 0 Å². The summed E-state index contributed by atoms with van der Waals surface area (Å²) in [6, 6.07) is 0. The van der Waals surface area contributed by atoms with Gasteiger partial charge in [-0.3, -0.25) is 0 Å². The first-order valence-electron chi connectivity index (χ1n) is 9.42. The second kappa shape index (κ2) is 8.12. The molecule has 2 rings (SSSR count). The van der Waals surface area contributed by atoms with Gasteiger partial charge in [-0.2, -0.15) is 3.89 Å². The lowest BCUT2D eigenvalue weighted by atomic mass is 10.2. The molecule has 9 heteroatoms. The van der Waals surface area contributed by atoms with Gasteiger partial charge >= 0.3 is 10.3 Å². The van der Waals surface area contributed by atoms with E-state index in [-0.39, 0.29) is 0 Å². The average Bonchev–Trinajstić information content (AvgIpc) is 2.93. The van der Waals surface area contributed by atoms with E-state index in [0.717, 1.165) is 60.3 Å². The van der Waals surface area contributed by atoms with Crippen LogP contribution in [0.4, 0.5) is 5.82 Å². The summed E-state index contributed by atoms with van der Waals surface area (Å²) in [5.41, 5.74) is 9.85. The quantitative estimate of drug-likeness (QED) is 0.382. The van der Waals surface area contributed by atoms with Crippen molar-refractivity contribution in [1.82, 2.24) is 14.5 Å². The topological polar surface area (TPSA) is 111 Å². The van der Waals surface area contributed by atoms with E-state index in [9.17, 15) is 13.0 Å². The van der Waals surface area contributed by atoms with Gasteiger partial charge in [0.25, 0.3) is 0 Å². The zero-order chi connectivity index (χ0) is 20.4. The van der Waals surface area contributed by atoms with Crippen molar-refractivity contribution >= 4 is 27.2 Å². The molecule has 0 aliphatic rings. The van der Waals surface area contributed by atoms with Gasteiger partial charge in [-0.15, -0.1) is 8.42 Å². The Morgan fingerprint density at radius 2 is 1.81 bits per heavy atom. The summed E-state index contributed by atoms with van der Waals surface area (Å²) in [5, 5.41) is 0. The third kappa shape index (κ3) is 4.59. The van der Waals surface area contributed by atoms with E-state index < -0.39 is 14.2 Å². The molecule has 152 valence electrons. The molecule has 0 aliphatic carbocycles. The molecule has 0 radical (unpaired) electrons. The normalized spacial score (nSPS) is 12.8. The number of unbranched alkanes of at least 4 members (excludes halogenated alkanes) is 2. The van der Waals surface area contributed by atoms with Crippen molar-refractivity contribution in [2.45, 2.75) is 59.4 Å². The molecule has 2 aromatic heterocycles. The van der Waals surface area contributed by atoms with Crippen molar-refractivity contribution in [2.75, 3.05) is 26.4 Å². The summed E-state index contributed by atoms with van der Waals surface area (Å²) in [5.74, 6) is 1.45. The maximum Gasteiger partial charge on any atom is 0.432 e. The van der Waals surface area contributed by atoms with E-state index >= 15 is 0 Å². The molecule has 0 amide bonds. The van der Waals surface area contributed by atoms with Crippen LogP contribution in [0.2, 0.25) is 0 Å². The van der Waals surface area contributed by atoms with Crippen LogP contribution in [-0.2, 0) is 23.3 Å². The van der Waals surface area contributed by atoms with Gasteiger partial charge in [0.05, 0.1) is 26.2 Å². The van der Waals surface area contributed by atoms with E-state index in [1.807, 2.05) is 13.8 Å². The Kier molecular flexibility index (Phi) is 6.49. The third-order valence-corrected chi connectivity index (χ3v) is 6.61. The molecule has 3 N–H and O–H groups in total. The van der Waals surface area contributed by atoms with Crippen molar-refractivity contribution in [3.8, 4) is 0 Å². The number of nitrogen functional groups attached to an aromatic ring is 1. The number of imidazole rings is 1. The van der Waals surface area contributed by atoms with Crippen LogP contribution in [0.15, 0.2) is 0 Å². The lowest BCUT2D eigenvalue weighted by molar-refractivity contribution is -0.767. The van der Waals surface area contributed by atoms with Gasteiger partial charge in [-0.05, 0) is 38.7 Å². The standard InChI is InChI=1S/C18H31N5O3S/c1-6-7-10-15-21-16-17(13(2)14(3)20-18(16)19)22(15)11-8-9-12-23(4,5)27(24,25)26/h6-12H2,1-5H3,(H2-,19,20,24,25,26)/p+1. The third-order valence-electron chi connectivity index (χ3n) is 5.18. The number of rotatable bonds is 9. The Bertz CT molecular complexity index is 919. The molecule has 0 spiro atoms. The molecule has 8 nitrogen and oxygen atoms in total. The number of nitrogens with zero attached hydrogens (tertiary/aromatic N) is 4. The molecule has 0 unspecified atom stereocenters. The Balaban J connectivity index is 2.27. The van der Waals surface area contributed by atoms with Gasteiger partial charge in [0.2, 0.25) is 0 Å². The first-order valence-corrected chi connectivity index (χ1v) is 10.8. The molecule has 0 aromatic carbocycles. The first kappa shape index (κ1) is 21.6. The predicted molar refractivity (Wildman–Crippen MR) is 108 cm³/mol. The fourth-order valence-corrected chi connectivity index (χ4v) is 3.55. The zero-order valence-electron chi connectivity index (χ0n) is 17.0. The highest BCUT2D eigenvalue weighted by atomic mass is 32.2. The lowest BCUT2D eigenvalue weighted by Crippen LogP contribution is -2.45. The van der Waals surface area contributed by atoms with E-state index in [1.54, 1.807) is 0 Å². The largest absolute Gasteiger partial charge is 0.432 e. The number of hydrogen-bond acceptors (Lipinski definition) is 5. The molecule has 0 bridgehead atoms. The van der Waals surface area contributed by atoms with Crippen LogP contribution in [0.1, 0.15) is 49.7 Å². The number of quaternary nitrogens is 1. The molecule has 0 fully saturated rings. The summed E-state index contributed by atoms with van der Waals surface area (Å²) in [4.78, 5) is 9.15. The van der Waals surface area contributed by atoms with Gasteiger partial charge in [0, 0.05) is 18.7 Å². The molecule has 2 heterocycles. The highest BCUT2D eigenvalue weighted by Crippen LogP contribution is 2.27. The first-order chi connectivity index (χ1) is 12.5. The van der Waals surface area contributed by atoms with Crippen LogP contribution in [0.25, 0.3) is 11.0 Å². The SMILES string of the molecule is CCCCc1nc2c(N)nc(C)c(C)c2n1CCCC[N+](C)(C)S(=O)(=O)O. The fourth-order valence-electron chi connectivity index (χ4n) is 3.19. The number of anilines is 1. The van der Waals surface area contributed by atoms with E-state index in [0.29, 0.717) is 18.8 Å². The summed E-state index contributed by atoms with van der Waals surface area (Å²) in [6.07, 6.45) is 4.44. The van der Waals surface area contributed by atoms with Crippen molar-refractivity contribution in [2.24, 2.45) is 0 Å². The number of hydrogen-bond donors (Lipinski definition) is 2. The smallest absolute Gasteiger partial charge is 0.382 e. The Labute approximate surface area is 161 Å². The Morgan fingerprint density at radius 1 is 1.15 bits per heavy atom. The molecule has 27 heavy (non-hydrogen) atoms. The molecule has 0 saturated carbocycles. The maximum absolute atomic E-state index is 11.4. The van der Waals surface area contributed by atoms with Gasteiger partial charge in [0.1, 0.15) is 11.3 Å². The van der Waals surface area contributed by atoms with E-state index in [1.165, 1.54) is 14.1 Å². The van der Waals surface area contributed by atoms with Crippen LogP contribution in [0.5, 0.6) is 0 Å². The average molecular weight is 399 g/mol. The minimum Gasteiger partial charge on any atom is -0.382 e. The predicted octanol–water partition coefficient (Wildman–Crippen LogP) is 2.63. The van der Waals surface area contributed by atoms with Crippen molar-refractivity contribution in [3.05, 3.63) is 17.1 Å². The zero-order valence-corrected chi connectivity index (χ0v) is 17.8. The molecule has 0 aliphatic heterocycles. The van der Waals surface area contributed by atoms with Crippen LogP contribution in [-0.4, -0.2) is 52.0 Å². The van der Waals surface area contributed by atoms with Crippen LogP contribution >= 0.6 is 0 Å². The van der Waals surface area contributed by atoms with Crippen molar-refractivity contribution in [3.63, 3.8) is 0 Å². The second-order valence-corrected chi connectivity index (χ2v) is 9.52. The lowest BCUT2D eigenvalue weighted by Gasteiger charge is -2.24. The molecular weight excluding hydrogens is 366 g/mol. The molecule has 2 aromatic rings. The monoisotopic (exact) mass is 398 g/mol. The maximum atomic E-state index is 11.4. The van der Waals surface area contributed by atoms with Crippen LogP contribution < -0.4 is 5.73 Å².